The summed E-state index contributed by atoms with van der Waals surface area (Å²) in [5.74, 6) is 0.753. The van der Waals surface area contributed by atoms with Crippen LogP contribution in [0.1, 0.15) is 18.4 Å². The van der Waals surface area contributed by atoms with E-state index in [1.165, 1.54) is 18.9 Å². The maximum absolute atomic E-state index is 13.1. The summed E-state index contributed by atoms with van der Waals surface area (Å²) in [5.41, 5.74) is 1.11. The topological polar surface area (TPSA) is 27.6 Å². The van der Waals surface area contributed by atoms with E-state index in [-0.39, 0.29) is 5.82 Å². The maximum Gasteiger partial charge on any atom is 0.193 e. The van der Waals surface area contributed by atoms with Crippen LogP contribution in [0.15, 0.2) is 27.7 Å². The van der Waals surface area contributed by atoms with Crippen LogP contribution in [0.5, 0.6) is 0 Å². The molecule has 1 fully saturated rings. The van der Waals surface area contributed by atoms with Gasteiger partial charge in [0.05, 0.1) is 4.47 Å². The van der Waals surface area contributed by atoms with Crippen molar-refractivity contribution in [3.05, 3.63) is 34.1 Å². The van der Waals surface area contributed by atoms with Gasteiger partial charge in [-0.1, -0.05) is 6.07 Å². The van der Waals surface area contributed by atoms with Crippen LogP contribution in [0.25, 0.3) is 0 Å². The average Bonchev–Trinajstić information content (AvgIpc) is 2.92. The highest BCUT2D eigenvalue weighted by molar-refractivity contribution is 9.10. The number of guanidine groups is 1. The summed E-state index contributed by atoms with van der Waals surface area (Å²) in [7, 11) is 1.81. The standard InChI is InChI=1S/C14H19BrFN3/c1-17-14(19-8-2-3-9-19)18-7-6-11-4-5-13(16)12(15)10-11/h4-5,10H,2-3,6-9H2,1H3,(H,17,18). The van der Waals surface area contributed by atoms with Crippen molar-refractivity contribution in [1.29, 1.82) is 0 Å². The zero-order valence-electron chi connectivity index (χ0n) is 11.1. The Labute approximate surface area is 122 Å². The number of aliphatic imine (C=N–C) groups is 1. The van der Waals surface area contributed by atoms with E-state index < -0.39 is 0 Å². The Balaban J connectivity index is 1.83. The normalized spacial score (nSPS) is 15.9. The second-order valence-electron chi connectivity index (χ2n) is 4.67. The molecule has 1 aliphatic rings. The van der Waals surface area contributed by atoms with Gasteiger partial charge in [0.1, 0.15) is 5.82 Å². The first-order valence-electron chi connectivity index (χ1n) is 6.60. The Morgan fingerprint density at radius 1 is 1.42 bits per heavy atom. The van der Waals surface area contributed by atoms with Crippen molar-refractivity contribution in [2.45, 2.75) is 19.3 Å². The van der Waals surface area contributed by atoms with Gasteiger partial charge in [-0.05, 0) is 52.9 Å². The van der Waals surface area contributed by atoms with Gasteiger partial charge in [0.2, 0.25) is 0 Å². The molecule has 0 radical (unpaired) electrons. The van der Waals surface area contributed by atoms with Gasteiger partial charge in [-0.15, -0.1) is 0 Å². The molecular weight excluding hydrogens is 309 g/mol. The highest BCUT2D eigenvalue weighted by Gasteiger charge is 2.14. The molecular formula is C14H19BrFN3. The quantitative estimate of drug-likeness (QED) is 0.683. The minimum atomic E-state index is -0.218. The third kappa shape index (κ3) is 3.93. The summed E-state index contributed by atoms with van der Waals surface area (Å²) in [5, 5.41) is 3.36. The van der Waals surface area contributed by atoms with Gasteiger partial charge in [-0.2, -0.15) is 0 Å². The van der Waals surface area contributed by atoms with Crippen molar-refractivity contribution in [2.75, 3.05) is 26.7 Å². The molecule has 1 aromatic rings. The SMILES string of the molecule is CN=C(NCCc1ccc(F)c(Br)c1)N1CCCC1. The van der Waals surface area contributed by atoms with Crippen molar-refractivity contribution in [3.8, 4) is 0 Å². The van der Waals surface area contributed by atoms with E-state index in [4.69, 9.17) is 0 Å². The van der Waals surface area contributed by atoms with Gasteiger partial charge in [-0.25, -0.2) is 4.39 Å². The summed E-state index contributed by atoms with van der Waals surface area (Å²) in [6.45, 7) is 2.98. The fourth-order valence-electron chi connectivity index (χ4n) is 2.27. The number of halogens is 2. The van der Waals surface area contributed by atoms with Crippen molar-refractivity contribution in [3.63, 3.8) is 0 Å². The minimum Gasteiger partial charge on any atom is -0.356 e. The Hall–Kier alpha value is -1.10. The number of nitrogens with zero attached hydrogens (tertiary/aromatic N) is 2. The molecule has 19 heavy (non-hydrogen) atoms. The van der Waals surface area contributed by atoms with E-state index in [0.29, 0.717) is 4.47 Å². The van der Waals surface area contributed by atoms with Gasteiger partial charge >= 0.3 is 0 Å². The summed E-state index contributed by atoms with van der Waals surface area (Å²) in [6.07, 6.45) is 3.34. The molecule has 0 unspecified atom stereocenters. The Morgan fingerprint density at radius 2 is 2.16 bits per heavy atom. The zero-order valence-corrected chi connectivity index (χ0v) is 12.7. The molecule has 2 rings (SSSR count). The van der Waals surface area contributed by atoms with E-state index in [1.54, 1.807) is 0 Å². The summed E-state index contributed by atoms with van der Waals surface area (Å²) < 4.78 is 13.6. The number of benzene rings is 1. The maximum atomic E-state index is 13.1. The van der Waals surface area contributed by atoms with Gasteiger partial charge < -0.3 is 10.2 Å². The van der Waals surface area contributed by atoms with Crippen molar-refractivity contribution in [1.82, 2.24) is 10.2 Å². The van der Waals surface area contributed by atoms with Crippen LogP contribution in [0, 0.1) is 5.82 Å². The van der Waals surface area contributed by atoms with Gasteiger partial charge in [-0.3, -0.25) is 4.99 Å². The molecule has 0 aromatic heterocycles. The third-order valence-electron chi connectivity index (χ3n) is 3.30. The van der Waals surface area contributed by atoms with E-state index >= 15 is 0 Å². The Morgan fingerprint density at radius 3 is 2.79 bits per heavy atom. The van der Waals surface area contributed by atoms with Gasteiger partial charge in [0.25, 0.3) is 0 Å². The molecule has 3 nitrogen and oxygen atoms in total. The largest absolute Gasteiger partial charge is 0.356 e. The lowest BCUT2D eigenvalue weighted by Crippen LogP contribution is -2.40. The molecule has 1 saturated heterocycles. The lowest BCUT2D eigenvalue weighted by Gasteiger charge is -2.20. The molecule has 104 valence electrons. The molecule has 0 spiro atoms. The van der Waals surface area contributed by atoms with Gasteiger partial charge in [0, 0.05) is 26.7 Å². The van der Waals surface area contributed by atoms with Crippen LogP contribution in [0.3, 0.4) is 0 Å². The lowest BCUT2D eigenvalue weighted by molar-refractivity contribution is 0.494. The Kier molecular flexibility index (Phi) is 5.19. The summed E-state index contributed by atoms with van der Waals surface area (Å²) in [6, 6.07) is 5.14. The second kappa shape index (κ2) is 6.89. The molecule has 5 heteroatoms. The van der Waals surface area contributed by atoms with E-state index in [2.05, 4.69) is 31.1 Å². The van der Waals surface area contributed by atoms with E-state index in [0.717, 1.165) is 37.6 Å². The van der Waals surface area contributed by atoms with Crippen molar-refractivity contribution >= 4 is 21.9 Å². The number of rotatable bonds is 3. The fourth-order valence-corrected chi connectivity index (χ4v) is 2.70. The van der Waals surface area contributed by atoms with Crippen LogP contribution in [-0.4, -0.2) is 37.5 Å². The monoisotopic (exact) mass is 327 g/mol. The fraction of sp³-hybridized carbons (Fsp3) is 0.500. The second-order valence-corrected chi connectivity index (χ2v) is 5.52. The minimum absolute atomic E-state index is 0.218. The van der Waals surface area contributed by atoms with E-state index in [9.17, 15) is 4.39 Å². The molecule has 1 N–H and O–H groups in total. The molecule has 0 atom stereocenters. The van der Waals surface area contributed by atoms with Crippen LogP contribution in [0.4, 0.5) is 4.39 Å². The van der Waals surface area contributed by atoms with Crippen molar-refractivity contribution in [2.24, 2.45) is 4.99 Å². The molecule has 1 aliphatic heterocycles. The molecule has 0 amide bonds. The van der Waals surface area contributed by atoms with Crippen LogP contribution < -0.4 is 5.32 Å². The van der Waals surface area contributed by atoms with Crippen molar-refractivity contribution < 1.29 is 4.39 Å². The average molecular weight is 328 g/mol. The summed E-state index contributed by atoms with van der Waals surface area (Å²) in [4.78, 5) is 6.57. The van der Waals surface area contributed by atoms with Gasteiger partial charge in [0.15, 0.2) is 5.96 Å². The first kappa shape index (κ1) is 14.3. The molecule has 1 heterocycles. The van der Waals surface area contributed by atoms with E-state index in [1.807, 2.05) is 19.2 Å². The molecule has 0 aliphatic carbocycles. The highest BCUT2D eigenvalue weighted by atomic mass is 79.9. The first-order valence-corrected chi connectivity index (χ1v) is 7.39. The molecule has 1 aromatic carbocycles. The Bertz CT molecular complexity index is 456. The van der Waals surface area contributed by atoms with Crippen LogP contribution in [0.2, 0.25) is 0 Å². The predicted molar refractivity (Wildman–Crippen MR) is 80.0 cm³/mol. The first-order chi connectivity index (χ1) is 9.20. The third-order valence-corrected chi connectivity index (χ3v) is 3.91. The number of nitrogens with one attached hydrogen (secondary N) is 1. The van der Waals surface area contributed by atoms with Crippen LogP contribution >= 0.6 is 15.9 Å². The molecule has 0 saturated carbocycles. The number of hydrogen-bond acceptors (Lipinski definition) is 1. The predicted octanol–water partition coefficient (Wildman–Crippen LogP) is 2.80. The highest BCUT2D eigenvalue weighted by Crippen LogP contribution is 2.17. The zero-order chi connectivity index (χ0) is 13.7. The summed E-state index contributed by atoms with van der Waals surface area (Å²) >= 11 is 3.21. The number of likely N-dealkylation sites (tertiary alicyclic amines) is 1. The number of hydrogen-bond donors (Lipinski definition) is 1. The van der Waals surface area contributed by atoms with Crippen LogP contribution in [-0.2, 0) is 6.42 Å². The molecule has 0 bridgehead atoms. The smallest absolute Gasteiger partial charge is 0.193 e. The lowest BCUT2D eigenvalue weighted by atomic mass is 10.1.